The molecule has 88 valence electrons. The molecule has 1 saturated heterocycles. The predicted molar refractivity (Wildman–Crippen MR) is 66.2 cm³/mol. The highest BCUT2D eigenvalue weighted by Crippen LogP contribution is 2.62. The second kappa shape index (κ2) is 3.62. The van der Waals surface area contributed by atoms with Crippen LogP contribution < -0.4 is 0 Å². The van der Waals surface area contributed by atoms with Crippen LogP contribution in [0.15, 0.2) is 18.2 Å². The summed E-state index contributed by atoms with van der Waals surface area (Å²) in [5, 5.41) is 10.5. The third-order valence-corrected chi connectivity index (χ3v) is 4.79. The largest absolute Gasteiger partial charge is 0.379 e. The molecule has 1 saturated carbocycles. The van der Waals surface area contributed by atoms with E-state index in [1.165, 1.54) is 0 Å². The van der Waals surface area contributed by atoms with Crippen molar-refractivity contribution in [1.82, 2.24) is 0 Å². The van der Waals surface area contributed by atoms with Gasteiger partial charge >= 0.3 is 0 Å². The highest BCUT2D eigenvalue weighted by molar-refractivity contribution is 6.42. The molecule has 1 aromatic rings. The van der Waals surface area contributed by atoms with E-state index in [4.69, 9.17) is 27.9 Å². The maximum absolute atomic E-state index is 9.38. The van der Waals surface area contributed by atoms with E-state index < -0.39 is 0 Å². The molecule has 3 rings (SSSR count). The fraction of sp³-hybridized carbons (Fsp3) is 0.462. The second-order valence-corrected chi connectivity index (χ2v) is 5.71. The maximum atomic E-state index is 9.38. The van der Waals surface area contributed by atoms with Gasteiger partial charge in [-0.05, 0) is 30.5 Å². The molecule has 0 bridgehead atoms. The van der Waals surface area contributed by atoms with Gasteiger partial charge in [-0.15, -0.1) is 0 Å². The van der Waals surface area contributed by atoms with E-state index in [-0.39, 0.29) is 10.8 Å². The lowest BCUT2D eigenvalue weighted by molar-refractivity contribution is -0.0867. The molecular weight excluding hydrogens is 257 g/mol. The maximum Gasteiger partial charge on any atom is 0.0716 e. The molecule has 0 amide bonds. The predicted octanol–water partition coefficient (Wildman–Crippen LogP) is 3.57. The van der Waals surface area contributed by atoms with Crippen molar-refractivity contribution in [3.05, 3.63) is 33.8 Å². The molecule has 2 nitrogen and oxygen atoms in total. The van der Waals surface area contributed by atoms with Crippen molar-refractivity contribution in [2.75, 3.05) is 13.2 Å². The first-order valence-corrected chi connectivity index (χ1v) is 6.34. The number of halogens is 2. The van der Waals surface area contributed by atoms with Crippen molar-refractivity contribution in [1.29, 1.82) is 5.26 Å². The van der Waals surface area contributed by atoms with Crippen molar-refractivity contribution in [3.8, 4) is 6.07 Å². The highest BCUT2D eigenvalue weighted by Gasteiger charge is 2.64. The number of benzene rings is 1. The first-order valence-electron chi connectivity index (χ1n) is 5.58. The topological polar surface area (TPSA) is 33.0 Å². The second-order valence-electron chi connectivity index (χ2n) is 4.90. The lowest BCUT2D eigenvalue weighted by atomic mass is 9.67. The van der Waals surface area contributed by atoms with Crippen LogP contribution in [0.5, 0.6) is 0 Å². The van der Waals surface area contributed by atoms with Crippen LogP contribution in [0.4, 0.5) is 0 Å². The zero-order valence-electron chi connectivity index (χ0n) is 9.17. The molecule has 0 radical (unpaired) electrons. The molecular formula is C13H11Cl2NO. The van der Waals surface area contributed by atoms with E-state index in [2.05, 4.69) is 6.07 Å². The van der Waals surface area contributed by atoms with Gasteiger partial charge in [0, 0.05) is 0 Å². The molecule has 1 heterocycles. The van der Waals surface area contributed by atoms with Crippen molar-refractivity contribution in [2.24, 2.45) is 5.41 Å². The summed E-state index contributed by atoms with van der Waals surface area (Å²) in [6.45, 7) is 1.22. The number of ether oxygens (including phenoxy) is 1. The van der Waals surface area contributed by atoms with Crippen LogP contribution in [-0.2, 0) is 10.2 Å². The Balaban J connectivity index is 2.07. The molecule has 1 aliphatic heterocycles. The highest BCUT2D eigenvalue weighted by atomic mass is 35.5. The van der Waals surface area contributed by atoms with E-state index >= 15 is 0 Å². The Morgan fingerprint density at radius 3 is 2.29 bits per heavy atom. The SMILES string of the molecule is N#CC1(C2(c3ccc(Cl)c(Cl)c3)COC2)CC1. The lowest BCUT2D eigenvalue weighted by Crippen LogP contribution is -2.53. The van der Waals surface area contributed by atoms with Gasteiger partial charge in [0.15, 0.2) is 0 Å². The fourth-order valence-electron chi connectivity index (χ4n) is 2.64. The van der Waals surface area contributed by atoms with E-state index in [9.17, 15) is 5.26 Å². The molecule has 0 spiro atoms. The Hall–Kier alpha value is -0.750. The standard InChI is InChI=1S/C13H11Cl2NO/c14-10-2-1-9(5-11(10)15)13(7-17-8-13)12(6-16)3-4-12/h1-2,5H,3-4,7-8H2. The number of nitriles is 1. The Kier molecular flexibility index (Phi) is 2.42. The molecule has 0 unspecified atom stereocenters. The zero-order chi connectivity index (χ0) is 12.1. The van der Waals surface area contributed by atoms with Crippen LogP contribution in [0.25, 0.3) is 0 Å². The van der Waals surface area contributed by atoms with Crippen molar-refractivity contribution >= 4 is 23.2 Å². The summed E-state index contributed by atoms with van der Waals surface area (Å²) >= 11 is 12.0. The quantitative estimate of drug-likeness (QED) is 0.821. The van der Waals surface area contributed by atoms with Crippen LogP contribution in [0, 0.1) is 16.7 Å². The fourth-order valence-corrected chi connectivity index (χ4v) is 2.94. The van der Waals surface area contributed by atoms with Gasteiger partial charge in [0.25, 0.3) is 0 Å². The summed E-state index contributed by atoms with van der Waals surface area (Å²) in [6.07, 6.45) is 1.90. The van der Waals surface area contributed by atoms with Gasteiger partial charge in [-0.1, -0.05) is 29.3 Å². The summed E-state index contributed by atoms with van der Waals surface area (Å²) < 4.78 is 5.36. The van der Waals surface area contributed by atoms with Crippen LogP contribution in [-0.4, -0.2) is 13.2 Å². The third-order valence-electron chi connectivity index (χ3n) is 4.05. The summed E-state index contributed by atoms with van der Waals surface area (Å²) in [6, 6.07) is 8.12. The minimum atomic E-state index is -0.248. The summed E-state index contributed by atoms with van der Waals surface area (Å²) in [5.74, 6) is 0. The van der Waals surface area contributed by atoms with E-state index in [0.717, 1.165) is 18.4 Å². The first-order chi connectivity index (χ1) is 8.13. The monoisotopic (exact) mass is 267 g/mol. The number of rotatable bonds is 2. The normalized spacial score (nSPS) is 23.6. The molecule has 0 aromatic heterocycles. The van der Waals surface area contributed by atoms with Crippen molar-refractivity contribution in [3.63, 3.8) is 0 Å². The van der Waals surface area contributed by atoms with Gasteiger partial charge in [0.05, 0.1) is 40.2 Å². The van der Waals surface area contributed by atoms with Gasteiger partial charge in [-0.25, -0.2) is 0 Å². The molecule has 2 fully saturated rings. The molecule has 0 N–H and O–H groups in total. The lowest BCUT2D eigenvalue weighted by Gasteiger charge is -2.45. The van der Waals surface area contributed by atoms with Gasteiger partial charge in [-0.2, -0.15) is 5.26 Å². The molecule has 1 aromatic carbocycles. The van der Waals surface area contributed by atoms with E-state index in [1.54, 1.807) is 6.07 Å². The van der Waals surface area contributed by atoms with Gasteiger partial charge in [-0.3, -0.25) is 0 Å². The van der Waals surface area contributed by atoms with Crippen LogP contribution >= 0.6 is 23.2 Å². The number of hydrogen-bond acceptors (Lipinski definition) is 2. The molecule has 0 atom stereocenters. The molecule has 2 aliphatic rings. The number of nitrogens with zero attached hydrogens (tertiary/aromatic N) is 1. The van der Waals surface area contributed by atoms with E-state index in [1.807, 2.05) is 12.1 Å². The average Bonchev–Trinajstić information content (AvgIpc) is 3.03. The minimum Gasteiger partial charge on any atom is -0.379 e. The molecule has 1 aliphatic carbocycles. The summed E-state index contributed by atoms with van der Waals surface area (Å²) in [7, 11) is 0. The summed E-state index contributed by atoms with van der Waals surface area (Å²) in [5.41, 5.74) is 0.662. The van der Waals surface area contributed by atoms with Gasteiger partial charge in [0.1, 0.15) is 0 Å². The molecule has 4 heteroatoms. The van der Waals surface area contributed by atoms with Crippen molar-refractivity contribution < 1.29 is 4.74 Å². The van der Waals surface area contributed by atoms with Crippen LogP contribution in [0.3, 0.4) is 0 Å². The van der Waals surface area contributed by atoms with E-state index in [0.29, 0.717) is 23.3 Å². The molecule has 17 heavy (non-hydrogen) atoms. The minimum absolute atomic E-state index is 0.171. The first kappa shape index (κ1) is 11.3. The smallest absolute Gasteiger partial charge is 0.0716 e. The summed E-state index contributed by atoms with van der Waals surface area (Å²) in [4.78, 5) is 0. The Morgan fingerprint density at radius 1 is 1.18 bits per heavy atom. The van der Waals surface area contributed by atoms with Crippen LogP contribution in [0.2, 0.25) is 10.0 Å². The average molecular weight is 268 g/mol. The van der Waals surface area contributed by atoms with Gasteiger partial charge < -0.3 is 4.74 Å². The van der Waals surface area contributed by atoms with Crippen molar-refractivity contribution in [2.45, 2.75) is 18.3 Å². The third kappa shape index (κ3) is 1.43. The Bertz CT molecular complexity index is 513. The zero-order valence-corrected chi connectivity index (χ0v) is 10.7. The Labute approximate surface area is 110 Å². The Morgan fingerprint density at radius 2 is 1.88 bits per heavy atom. The van der Waals surface area contributed by atoms with Gasteiger partial charge in [0.2, 0.25) is 0 Å². The van der Waals surface area contributed by atoms with Crippen LogP contribution in [0.1, 0.15) is 18.4 Å². The number of hydrogen-bond donors (Lipinski definition) is 0.